The standard InChI is InChI=1S/C16H21N5O2/c1-19-6-5-17-15(19)14(22)13-9-12-10-20(7-8-21(12)18-13)16(23)11-3-2-4-11/h5-6,9,11,14,22H,2-4,7-8,10H2,1H3. The van der Waals surface area contributed by atoms with Crippen molar-refractivity contribution in [3.8, 4) is 0 Å². The number of amides is 1. The van der Waals surface area contributed by atoms with Crippen LogP contribution in [-0.4, -0.2) is 41.8 Å². The summed E-state index contributed by atoms with van der Waals surface area (Å²) < 4.78 is 3.68. The molecule has 4 rings (SSSR count). The lowest BCUT2D eigenvalue weighted by Crippen LogP contribution is -2.43. The van der Waals surface area contributed by atoms with Crippen LogP contribution in [0.25, 0.3) is 0 Å². The van der Waals surface area contributed by atoms with Gasteiger partial charge in [-0.3, -0.25) is 9.48 Å². The molecule has 7 heteroatoms. The van der Waals surface area contributed by atoms with Crippen molar-refractivity contribution in [1.29, 1.82) is 0 Å². The minimum absolute atomic E-state index is 0.224. The third-order valence-corrected chi connectivity index (χ3v) is 4.97. The van der Waals surface area contributed by atoms with Crippen LogP contribution in [0.1, 0.15) is 42.6 Å². The van der Waals surface area contributed by atoms with E-state index < -0.39 is 6.10 Å². The van der Waals surface area contributed by atoms with Crippen molar-refractivity contribution in [2.24, 2.45) is 13.0 Å². The van der Waals surface area contributed by atoms with Gasteiger partial charge in [0.15, 0.2) is 6.10 Å². The number of aliphatic hydroxyl groups excluding tert-OH is 1. The third kappa shape index (κ3) is 2.45. The van der Waals surface area contributed by atoms with Crippen LogP contribution in [0.3, 0.4) is 0 Å². The Morgan fingerprint density at radius 3 is 2.87 bits per heavy atom. The molecule has 1 amide bonds. The van der Waals surface area contributed by atoms with Gasteiger partial charge in [0.2, 0.25) is 5.91 Å². The molecule has 122 valence electrons. The molecule has 7 nitrogen and oxygen atoms in total. The van der Waals surface area contributed by atoms with Gasteiger partial charge in [0.1, 0.15) is 5.82 Å². The number of aromatic nitrogens is 4. The van der Waals surface area contributed by atoms with Crippen LogP contribution in [0.5, 0.6) is 0 Å². The summed E-state index contributed by atoms with van der Waals surface area (Å²) in [7, 11) is 1.85. The monoisotopic (exact) mass is 315 g/mol. The molecule has 3 heterocycles. The van der Waals surface area contributed by atoms with Crippen molar-refractivity contribution < 1.29 is 9.90 Å². The lowest BCUT2D eigenvalue weighted by atomic mass is 9.84. The number of rotatable bonds is 3. The second kappa shape index (κ2) is 5.49. The lowest BCUT2D eigenvalue weighted by molar-refractivity contribution is -0.139. The summed E-state index contributed by atoms with van der Waals surface area (Å²) in [6.07, 6.45) is 5.84. The zero-order chi connectivity index (χ0) is 16.0. The largest absolute Gasteiger partial charge is 0.379 e. The average molecular weight is 315 g/mol. The molecule has 1 atom stereocenters. The molecule has 0 bridgehead atoms. The average Bonchev–Trinajstić information content (AvgIpc) is 3.09. The van der Waals surface area contributed by atoms with E-state index in [1.165, 1.54) is 6.42 Å². The van der Waals surface area contributed by atoms with Crippen LogP contribution < -0.4 is 0 Å². The van der Waals surface area contributed by atoms with Crippen LogP contribution in [0.4, 0.5) is 0 Å². The summed E-state index contributed by atoms with van der Waals surface area (Å²) in [5.74, 6) is 1.07. The molecule has 23 heavy (non-hydrogen) atoms. The van der Waals surface area contributed by atoms with Gasteiger partial charge in [-0.15, -0.1) is 0 Å². The number of fused-ring (bicyclic) bond motifs is 1. The zero-order valence-corrected chi connectivity index (χ0v) is 13.2. The van der Waals surface area contributed by atoms with E-state index in [0.717, 1.165) is 18.5 Å². The third-order valence-electron chi connectivity index (χ3n) is 4.97. The quantitative estimate of drug-likeness (QED) is 0.911. The number of carbonyl (C=O) groups excluding carboxylic acids is 1. The Morgan fingerprint density at radius 2 is 2.22 bits per heavy atom. The molecular formula is C16H21N5O2. The van der Waals surface area contributed by atoms with Crippen LogP contribution in [-0.2, 0) is 24.9 Å². The summed E-state index contributed by atoms with van der Waals surface area (Å²) in [4.78, 5) is 18.5. The maximum absolute atomic E-state index is 12.4. The van der Waals surface area contributed by atoms with Gasteiger partial charge in [-0.05, 0) is 18.9 Å². The highest BCUT2D eigenvalue weighted by atomic mass is 16.3. The number of carbonyl (C=O) groups is 1. The fraction of sp³-hybridized carbons (Fsp3) is 0.562. The molecule has 1 aliphatic heterocycles. The molecule has 0 saturated heterocycles. The Morgan fingerprint density at radius 1 is 1.39 bits per heavy atom. The Kier molecular flexibility index (Phi) is 3.45. The van der Waals surface area contributed by atoms with Crippen molar-refractivity contribution in [3.05, 3.63) is 35.7 Å². The summed E-state index contributed by atoms with van der Waals surface area (Å²) in [6.45, 7) is 1.96. The number of aliphatic hydroxyl groups is 1. The van der Waals surface area contributed by atoms with E-state index in [0.29, 0.717) is 31.2 Å². The fourth-order valence-electron chi connectivity index (χ4n) is 3.30. The van der Waals surface area contributed by atoms with Gasteiger partial charge in [0.25, 0.3) is 0 Å². The van der Waals surface area contributed by atoms with Crippen LogP contribution in [0.15, 0.2) is 18.5 Å². The number of aryl methyl sites for hydroxylation is 1. The first-order chi connectivity index (χ1) is 11.1. The summed E-state index contributed by atoms with van der Waals surface area (Å²) in [6, 6.07) is 1.89. The predicted molar refractivity (Wildman–Crippen MR) is 82.3 cm³/mol. The molecule has 2 aromatic heterocycles. The molecule has 0 aromatic carbocycles. The number of hydrogen-bond acceptors (Lipinski definition) is 4. The highest BCUT2D eigenvalue weighted by Crippen LogP contribution is 2.30. The fourth-order valence-corrected chi connectivity index (χ4v) is 3.30. The second-order valence-electron chi connectivity index (χ2n) is 6.47. The molecule has 2 aromatic rings. The Balaban J connectivity index is 1.53. The minimum Gasteiger partial charge on any atom is -0.379 e. The van der Waals surface area contributed by atoms with E-state index in [1.54, 1.807) is 17.0 Å². The normalized spacial score (nSPS) is 19.3. The van der Waals surface area contributed by atoms with Gasteiger partial charge in [0, 0.05) is 31.9 Å². The maximum atomic E-state index is 12.4. The van der Waals surface area contributed by atoms with Gasteiger partial charge in [-0.1, -0.05) is 6.42 Å². The first-order valence-electron chi connectivity index (χ1n) is 8.14. The van der Waals surface area contributed by atoms with Gasteiger partial charge in [-0.2, -0.15) is 5.10 Å². The smallest absolute Gasteiger partial charge is 0.226 e. The molecule has 1 N–H and O–H groups in total. The van der Waals surface area contributed by atoms with Gasteiger partial charge < -0.3 is 14.6 Å². The number of hydrogen-bond donors (Lipinski definition) is 1. The Labute approximate surface area is 134 Å². The van der Waals surface area contributed by atoms with Crippen LogP contribution >= 0.6 is 0 Å². The predicted octanol–water partition coefficient (Wildman–Crippen LogP) is 0.841. The minimum atomic E-state index is -0.844. The SMILES string of the molecule is Cn1ccnc1C(O)c1cc2n(n1)CCN(C(=O)C1CCC1)C2. The topological polar surface area (TPSA) is 76.2 Å². The molecule has 1 aliphatic carbocycles. The van der Waals surface area contributed by atoms with E-state index >= 15 is 0 Å². The van der Waals surface area contributed by atoms with Gasteiger partial charge in [-0.25, -0.2) is 4.98 Å². The van der Waals surface area contributed by atoms with E-state index in [1.807, 2.05) is 22.7 Å². The second-order valence-corrected chi connectivity index (χ2v) is 6.47. The van der Waals surface area contributed by atoms with Gasteiger partial charge in [0.05, 0.1) is 24.5 Å². The van der Waals surface area contributed by atoms with Crippen molar-refractivity contribution in [3.63, 3.8) is 0 Å². The molecule has 0 spiro atoms. The zero-order valence-electron chi connectivity index (χ0n) is 13.2. The van der Waals surface area contributed by atoms with Crippen LogP contribution in [0.2, 0.25) is 0 Å². The maximum Gasteiger partial charge on any atom is 0.226 e. The highest BCUT2D eigenvalue weighted by Gasteiger charge is 2.32. The molecular weight excluding hydrogens is 294 g/mol. The number of nitrogens with zero attached hydrogens (tertiary/aromatic N) is 5. The lowest BCUT2D eigenvalue weighted by Gasteiger charge is -2.34. The first kappa shape index (κ1) is 14.4. The van der Waals surface area contributed by atoms with Crippen LogP contribution in [0, 0.1) is 5.92 Å². The van der Waals surface area contributed by atoms with Crippen molar-refractivity contribution in [1.82, 2.24) is 24.2 Å². The Bertz CT molecular complexity index is 731. The summed E-state index contributed by atoms with van der Waals surface area (Å²) in [5, 5.41) is 15.0. The van der Waals surface area contributed by atoms with E-state index in [4.69, 9.17) is 0 Å². The first-order valence-corrected chi connectivity index (χ1v) is 8.14. The van der Waals surface area contributed by atoms with Crippen molar-refractivity contribution >= 4 is 5.91 Å². The van der Waals surface area contributed by atoms with Crippen molar-refractivity contribution in [2.45, 2.75) is 38.5 Å². The molecule has 1 unspecified atom stereocenters. The Hall–Kier alpha value is -2.15. The summed E-state index contributed by atoms with van der Waals surface area (Å²) in [5.41, 5.74) is 1.57. The van der Waals surface area contributed by atoms with Crippen molar-refractivity contribution in [2.75, 3.05) is 6.54 Å². The molecule has 0 radical (unpaired) electrons. The molecule has 1 fully saturated rings. The summed E-state index contributed by atoms with van der Waals surface area (Å²) >= 11 is 0. The van der Waals surface area contributed by atoms with E-state index in [9.17, 15) is 9.90 Å². The highest BCUT2D eigenvalue weighted by molar-refractivity contribution is 5.79. The number of imidazole rings is 1. The van der Waals surface area contributed by atoms with E-state index in [2.05, 4.69) is 10.1 Å². The van der Waals surface area contributed by atoms with E-state index in [-0.39, 0.29) is 11.8 Å². The molecule has 2 aliphatic rings. The van der Waals surface area contributed by atoms with Gasteiger partial charge >= 0.3 is 0 Å². The molecule has 1 saturated carbocycles.